The van der Waals surface area contributed by atoms with Crippen molar-refractivity contribution in [2.75, 3.05) is 0 Å². The first-order chi connectivity index (χ1) is 7.34. The summed E-state index contributed by atoms with van der Waals surface area (Å²) < 4.78 is 2.32. The summed E-state index contributed by atoms with van der Waals surface area (Å²) >= 11 is 1.76. The van der Waals surface area contributed by atoms with Gasteiger partial charge in [0.25, 0.3) is 0 Å². The number of thiophene rings is 1. The average molecular weight is 218 g/mol. The van der Waals surface area contributed by atoms with Crippen LogP contribution in [-0.4, -0.2) is 9.55 Å². The molecule has 3 heteroatoms. The number of aryl methyl sites for hydroxylation is 1. The highest BCUT2D eigenvalue weighted by atomic mass is 32.1. The maximum atomic E-state index is 4.75. The van der Waals surface area contributed by atoms with Crippen molar-refractivity contribution in [2.45, 2.75) is 32.2 Å². The zero-order valence-electron chi connectivity index (χ0n) is 8.81. The molecule has 0 saturated heterocycles. The zero-order valence-corrected chi connectivity index (χ0v) is 9.63. The quantitative estimate of drug-likeness (QED) is 0.716. The minimum atomic E-state index is 0.618. The van der Waals surface area contributed by atoms with Gasteiger partial charge in [-0.25, -0.2) is 4.98 Å². The van der Waals surface area contributed by atoms with E-state index < -0.39 is 0 Å². The standard InChI is InChI=1S/C12H14N2S/c1-9-4-2-6-14-8-10(13-12(9)14)11-5-3-7-15-11/h3,5,7-9H,2,4,6H2,1H3/t9-/m1/s1. The maximum absolute atomic E-state index is 4.75. The first-order valence-electron chi connectivity index (χ1n) is 5.45. The molecule has 0 bridgehead atoms. The van der Waals surface area contributed by atoms with Gasteiger partial charge in [-0.15, -0.1) is 11.3 Å². The van der Waals surface area contributed by atoms with E-state index in [2.05, 4.69) is 35.2 Å². The molecule has 1 aliphatic heterocycles. The van der Waals surface area contributed by atoms with E-state index in [1.165, 1.54) is 23.5 Å². The second-order valence-electron chi connectivity index (χ2n) is 4.20. The highest BCUT2D eigenvalue weighted by molar-refractivity contribution is 7.13. The molecule has 0 amide bonds. The Morgan fingerprint density at radius 2 is 2.47 bits per heavy atom. The molecule has 0 saturated carbocycles. The molecular weight excluding hydrogens is 204 g/mol. The third-order valence-electron chi connectivity index (χ3n) is 3.06. The van der Waals surface area contributed by atoms with Crippen LogP contribution in [0.1, 0.15) is 31.5 Å². The van der Waals surface area contributed by atoms with E-state index in [4.69, 9.17) is 4.98 Å². The lowest BCUT2D eigenvalue weighted by Crippen LogP contribution is -2.12. The molecule has 0 fully saturated rings. The zero-order chi connectivity index (χ0) is 10.3. The summed E-state index contributed by atoms with van der Waals surface area (Å²) in [6, 6.07) is 4.23. The molecule has 1 aliphatic rings. The van der Waals surface area contributed by atoms with Crippen molar-refractivity contribution in [3.8, 4) is 10.6 Å². The fourth-order valence-corrected chi connectivity index (χ4v) is 2.92. The van der Waals surface area contributed by atoms with Crippen molar-refractivity contribution in [1.82, 2.24) is 9.55 Å². The largest absolute Gasteiger partial charge is 0.334 e. The Labute approximate surface area is 93.6 Å². The summed E-state index contributed by atoms with van der Waals surface area (Å²) in [6.45, 7) is 3.41. The van der Waals surface area contributed by atoms with Crippen molar-refractivity contribution in [3.63, 3.8) is 0 Å². The molecule has 0 aromatic carbocycles. The fraction of sp³-hybridized carbons (Fsp3) is 0.417. The van der Waals surface area contributed by atoms with E-state index in [0.29, 0.717) is 5.92 Å². The van der Waals surface area contributed by atoms with Crippen LogP contribution < -0.4 is 0 Å². The second kappa shape index (κ2) is 3.49. The number of fused-ring (bicyclic) bond motifs is 1. The molecule has 3 rings (SSSR count). The molecule has 15 heavy (non-hydrogen) atoms. The number of rotatable bonds is 1. The van der Waals surface area contributed by atoms with Gasteiger partial charge in [0, 0.05) is 18.7 Å². The normalized spacial score (nSPS) is 20.2. The number of nitrogens with zero attached hydrogens (tertiary/aromatic N) is 2. The number of hydrogen-bond acceptors (Lipinski definition) is 2. The summed E-state index contributed by atoms with van der Waals surface area (Å²) in [5.74, 6) is 1.89. The first-order valence-corrected chi connectivity index (χ1v) is 6.33. The van der Waals surface area contributed by atoms with Gasteiger partial charge in [-0.2, -0.15) is 0 Å². The van der Waals surface area contributed by atoms with E-state index in [9.17, 15) is 0 Å². The highest BCUT2D eigenvalue weighted by Gasteiger charge is 2.19. The van der Waals surface area contributed by atoms with Crippen LogP contribution >= 0.6 is 11.3 Å². The third kappa shape index (κ3) is 1.51. The van der Waals surface area contributed by atoms with Crippen molar-refractivity contribution >= 4 is 11.3 Å². The van der Waals surface area contributed by atoms with Crippen molar-refractivity contribution in [2.24, 2.45) is 0 Å². The van der Waals surface area contributed by atoms with Crippen molar-refractivity contribution in [3.05, 3.63) is 29.5 Å². The predicted molar refractivity (Wildman–Crippen MR) is 63.2 cm³/mol. The Balaban J connectivity index is 2.06. The molecule has 1 atom stereocenters. The number of hydrogen-bond donors (Lipinski definition) is 0. The number of aromatic nitrogens is 2. The summed E-state index contributed by atoms with van der Waals surface area (Å²) in [6.07, 6.45) is 4.77. The first kappa shape index (κ1) is 9.16. The molecule has 2 aromatic heterocycles. The Bertz CT molecular complexity index is 456. The van der Waals surface area contributed by atoms with Crippen LogP contribution in [0.2, 0.25) is 0 Å². The molecule has 2 nitrogen and oxygen atoms in total. The van der Waals surface area contributed by atoms with E-state index in [-0.39, 0.29) is 0 Å². The molecule has 78 valence electrons. The number of imidazole rings is 1. The smallest absolute Gasteiger partial charge is 0.112 e. The SMILES string of the molecule is C[C@@H]1CCCn2cc(-c3cccs3)nc21. The molecular formula is C12H14N2S. The molecule has 0 radical (unpaired) electrons. The molecule has 0 aliphatic carbocycles. The van der Waals surface area contributed by atoms with Crippen LogP contribution in [0.25, 0.3) is 10.6 Å². The monoisotopic (exact) mass is 218 g/mol. The molecule has 0 spiro atoms. The average Bonchev–Trinajstić information content (AvgIpc) is 2.86. The van der Waals surface area contributed by atoms with Crippen LogP contribution in [0.3, 0.4) is 0 Å². The molecule has 0 N–H and O–H groups in total. The van der Waals surface area contributed by atoms with Crippen LogP contribution in [-0.2, 0) is 6.54 Å². The lowest BCUT2D eigenvalue weighted by atomic mass is 10.0. The Hall–Kier alpha value is -1.09. The third-order valence-corrected chi connectivity index (χ3v) is 3.95. The van der Waals surface area contributed by atoms with E-state index >= 15 is 0 Å². The van der Waals surface area contributed by atoms with Gasteiger partial charge >= 0.3 is 0 Å². The predicted octanol–water partition coefficient (Wildman–Crippen LogP) is 3.51. The summed E-state index contributed by atoms with van der Waals surface area (Å²) in [5.41, 5.74) is 1.15. The van der Waals surface area contributed by atoms with Gasteiger partial charge in [0.2, 0.25) is 0 Å². The maximum Gasteiger partial charge on any atom is 0.112 e. The Morgan fingerprint density at radius 1 is 1.53 bits per heavy atom. The van der Waals surface area contributed by atoms with Gasteiger partial charge in [0.1, 0.15) is 5.82 Å². The second-order valence-corrected chi connectivity index (χ2v) is 5.15. The van der Waals surface area contributed by atoms with E-state index in [0.717, 1.165) is 12.2 Å². The van der Waals surface area contributed by atoms with Gasteiger partial charge in [0.15, 0.2) is 0 Å². The van der Waals surface area contributed by atoms with E-state index in [1.807, 2.05) is 0 Å². The molecule has 0 unspecified atom stereocenters. The van der Waals surface area contributed by atoms with Gasteiger partial charge in [0.05, 0.1) is 10.6 Å². The highest BCUT2D eigenvalue weighted by Crippen LogP contribution is 2.30. The minimum absolute atomic E-state index is 0.618. The van der Waals surface area contributed by atoms with Gasteiger partial charge in [-0.1, -0.05) is 13.0 Å². The van der Waals surface area contributed by atoms with Gasteiger partial charge in [-0.05, 0) is 24.3 Å². The Kier molecular flexibility index (Phi) is 2.13. The van der Waals surface area contributed by atoms with Crippen molar-refractivity contribution in [1.29, 1.82) is 0 Å². The van der Waals surface area contributed by atoms with E-state index in [1.54, 1.807) is 11.3 Å². The Morgan fingerprint density at radius 3 is 3.20 bits per heavy atom. The fourth-order valence-electron chi connectivity index (χ4n) is 2.24. The van der Waals surface area contributed by atoms with Crippen molar-refractivity contribution < 1.29 is 0 Å². The van der Waals surface area contributed by atoms with Crippen LogP contribution in [0.15, 0.2) is 23.7 Å². The lowest BCUT2D eigenvalue weighted by molar-refractivity contribution is 0.463. The minimum Gasteiger partial charge on any atom is -0.334 e. The summed E-state index contributed by atoms with van der Waals surface area (Å²) in [4.78, 5) is 6.03. The topological polar surface area (TPSA) is 17.8 Å². The summed E-state index contributed by atoms with van der Waals surface area (Å²) in [7, 11) is 0. The lowest BCUT2D eigenvalue weighted by Gasteiger charge is -2.19. The van der Waals surface area contributed by atoms with Gasteiger partial charge < -0.3 is 4.57 Å². The molecule has 3 heterocycles. The summed E-state index contributed by atoms with van der Waals surface area (Å²) in [5, 5.41) is 2.11. The van der Waals surface area contributed by atoms with Gasteiger partial charge in [-0.3, -0.25) is 0 Å². The van der Waals surface area contributed by atoms with Crippen LogP contribution in [0, 0.1) is 0 Å². The molecule has 2 aromatic rings. The van der Waals surface area contributed by atoms with Crippen LogP contribution in [0.5, 0.6) is 0 Å². The van der Waals surface area contributed by atoms with Crippen LogP contribution in [0.4, 0.5) is 0 Å².